The summed E-state index contributed by atoms with van der Waals surface area (Å²) in [5.41, 5.74) is 5.69. The molecule has 4 fully saturated rings. The molecule has 0 amide bonds. The van der Waals surface area contributed by atoms with Crippen LogP contribution in [-0.2, 0) is 0 Å². The van der Waals surface area contributed by atoms with Gasteiger partial charge in [-0.15, -0.1) is 0 Å². The van der Waals surface area contributed by atoms with Gasteiger partial charge in [0.1, 0.15) is 0 Å². The van der Waals surface area contributed by atoms with Gasteiger partial charge in [-0.3, -0.25) is 0 Å². The van der Waals surface area contributed by atoms with E-state index in [-0.39, 0.29) is 17.4 Å². The van der Waals surface area contributed by atoms with Gasteiger partial charge in [-0.1, -0.05) is 65.0 Å². The molecule has 5 nitrogen and oxygen atoms in total. The van der Waals surface area contributed by atoms with Gasteiger partial charge in [0.05, 0.1) is 12.2 Å². The molecule has 6 rings (SSSR count). The Labute approximate surface area is 285 Å². The molecule has 5 heteroatoms. The van der Waals surface area contributed by atoms with E-state index >= 15 is 0 Å². The molecule has 5 aliphatic carbocycles. The highest BCUT2D eigenvalue weighted by Gasteiger charge is 2.70. The second-order valence-corrected chi connectivity index (χ2v) is 18.2. The van der Waals surface area contributed by atoms with E-state index in [4.69, 9.17) is 0 Å². The Morgan fingerprint density at radius 1 is 0.936 bits per heavy atom. The van der Waals surface area contributed by atoms with Crippen LogP contribution in [0.4, 0.5) is 0 Å². The highest BCUT2D eigenvalue weighted by atomic mass is 16.4. The number of nitrogens with zero attached hydrogens (tertiary/aromatic N) is 1. The van der Waals surface area contributed by atoms with Gasteiger partial charge in [0.25, 0.3) is 0 Å². The lowest BCUT2D eigenvalue weighted by Gasteiger charge is -2.72. The lowest BCUT2D eigenvalue weighted by Crippen LogP contribution is -2.65. The lowest BCUT2D eigenvalue weighted by atomic mass is 9.32. The van der Waals surface area contributed by atoms with Crippen molar-refractivity contribution in [3.05, 3.63) is 53.6 Å². The van der Waals surface area contributed by atoms with Crippen LogP contribution in [0.3, 0.4) is 0 Å². The minimum Gasteiger partial charge on any atom is -0.478 e. The Hall–Kier alpha value is -1.95. The van der Waals surface area contributed by atoms with Crippen molar-refractivity contribution in [2.45, 2.75) is 99.3 Å². The van der Waals surface area contributed by atoms with Crippen LogP contribution < -0.4 is 5.32 Å². The minimum atomic E-state index is -0.859. The molecule has 4 saturated carbocycles. The second kappa shape index (κ2) is 12.4. The highest BCUT2D eigenvalue weighted by Crippen LogP contribution is 2.77. The molecule has 0 spiro atoms. The Balaban J connectivity index is 1.28. The Morgan fingerprint density at radius 2 is 1.66 bits per heavy atom. The molecule has 0 saturated heterocycles. The average Bonchev–Trinajstić information content (AvgIpc) is 3.40. The molecule has 0 radical (unpaired) electrons. The van der Waals surface area contributed by atoms with Crippen LogP contribution in [0.15, 0.2) is 42.5 Å². The maximum atomic E-state index is 11.5. The first-order valence-corrected chi connectivity index (χ1v) is 18.8. The standard InChI is InChI=1S/C42H64N2O3/c1-28(2)31-15-20-42(27-43-23-24-44(8)25-26-45)22-21-40(6)33(36(31)42)13-14-35-39(5)18-16-32(29-9-11-30(12-10-29)37(46)47)38(3,4)34(39)17-19-41(35,40)7/h9-12,16,31,33-36,43,45H,1,13-15,17-27H2,2-8H3,(H,46,47). The van der Waals surface area contributed by atoms with Crippen LogP contribution in [-0.4, -0.2) is 60.9 Å². The fraction of sp³-hybridized carbons (Fsp3) is 0.738. The maximum absolute atomic E-state index is 11.5. The molecule has 5 aliphatic rings. The lowest BCUT2D eigenvalue weighted by molar-refractivity contribution is -0.225. The van der Waals surface area contributed by atoms with Gasteiger partial charge in [0.15, 0.2) is 0 Å². The molecule has 3 N–H and O–H groups in total. The molecule has 0 aromatic heterocycles. The fourth-order valence-corrected chi connectivity index (χ4v) is 13.4. The summed E-state index contributed by atoms with van der Waals surface area (Å²) in [6.07, 6.45) is 14.2. The molecule has 0 heterocycles. The molecule has 9 atom stereocenters. The SMILES string of the molecule is C=C(C)C1CCC2(CNCCN(C)CCO)CCC3(C)C(CCC4C5(C)CC=C(c6ccc(C(=O)O)cc6)C(C)(C)C5CCC43C)C12. The van der Waals surface area contributed by atoms with Crippen LogP contribution in [0.1, 0.15) is 115 Å². The Kier molecular flexibility index (Phi) is 9.23. The number of rotatable bonds is 10. The van der Waals surface area contributed by atoms with E-state index in [0.717, 1.165) is 38.5 Å². The van der Waals surface area contributed by atoms with Gasteiger partial charge in [0, 0.05) is 26.2 Å². The third-order valence-electron chi connectivity index (χ3n) is 15.9. The largest absolute Gasteiger partial charge is 0.478 e. The first-order chi connectivity index (χ1) is 22.1. The molecule has 260 valence electrons. The molecule has 1 aromatic rings. The smallest absolute Gasteiger partial charge is 0.335 e. The zero-order valence-corrected chi connectivity index (χ0v) is 30.6. The number of likely N-dealkylation sites (N-methyl/N-ethyl adjacent to an activating group) is 1. The van der Waals surface area contributed by atoms with Crippen molar-refractivity contribution in [2.24, 2.45) is 56.7 Å². The Morgan fingerprint density at radius 3 is 2.32 bits per heavy atom. The quantitative estimate of drug-likeness (QED) is 0.176. The number of carboxylic acids is 1. The third-order valence-corrected chi connectivity index (χ3v) is 15.9. The fourth-order valence-electron chi connectivity index (χ4n) is 13.4. The van der Waals surface area contributed by atoms with Crippen molar-refractivity contribution in [1.82, 2.24) is 10.2 Å². The van der Waals surface area contributed by atoms with Gasteiger partial charge in [-0.2, -0.15) is 0 Å². The number of aliphatic hydroxyl groups excluding tert-OH is 1. The van der Waals surface area contributed by atoms with Gasteiger partial charge >= 0.3 is 5.97 Å². The summed E-state index contributed by atoms with van der Waals surface area (Å²) in [7, 11) is 2.11. The van der Waals surface area contributed by atoms with E-state index in [1.165, 1.54) is 68.1 Å². The summed E-state index contributed by atoms with van der Waals surface area (Å²) in [6, 6.07) is 7.63. The van der Waals surface area contributed by atoms with Crippen molar-refractivity contribution in [2.75, 3.05) is 39.8 Å². The molecule has 0 aliphatic heterocycles. The number of carboxylic acid groups (broad SMARTS) is 1. The maximum Gasteiger partial charge on any atom is 0.335 e. The second-order valence-electron chi connectivity index (χ2n) is 18.2. The van der Waals surface area contributed by atoms with Gasteiger partial charge in [-0.05, 0) is 152 Å². The molecular formula is C42H64N2O3. The van der Waals surface area contributed by atoms with Crippen LogP contribution in [0.25, 0.3) is 5.57 Å². The van der Waals surface area contributed by atoms with E-state index in [1.54, 1.807) is 12.1 Å². The summed E-state index contributed by atoms with van der Waals surface area (Å²) in [5, 5.41) is 22.7. The number of aromatic carboxylic acids is 1. The monoisotopic (exact) mass is 644 g/mol. The van der Waals surface area contributed by atoms with Gasteiger partial charge in [0.2, 0.25) is 0 Å². The summed E-state index contributed by atoms with van der Waals surface area (Å²) < 4.78 is 0. The normalized spacial score (nSPS) is 40.5. The minimum absolute atomic E-state index is 0.0337. The third kappa shape index (κ3) is 5.40. The molecule has 9 unspecified atom stereocenters. The van der Waals surface area contributed by atoms with Crippen molar-refractivity contribution in [3.8, 4) is 0 Å². The predicted octanol–water partition coefficient (Wildman–Crippen LogP) is 8.55. The van der Waals surface area contributed by atoms with Crippen molar-refractivity contribution >= 4 is 11.5 Å². The van der Waals surface area contributed by atoms with Crippen LogP contribution >= 0.6 is 0 Å². The molecule has 0 bridgehead atoms. The number of fused-ring (bicyclic) bond motifs is 7. The summed E-state index contributed by atoms with van der Waals surface area (Å²) >= 11 is 0. The first-order valence-electron chi connectivity index (χ1n) is 18.8. The number of aliphatic hydroxyl groups is 1. The van der Waals surface area contributed by atoms with Gasteiger partial charge < -0.3 is 20.4 Å². The van der Waals surface area contributed by atoms with E-state index in [9.17, 15) is 15.0 Å². The van der Waals surface area contributed by atoms with E-state index in [2.05, 4.69) is 71.5 Å². The predicted molar refractivity (Wildman–Crippen MR) is 193 cm³/mol. The van der Waals surface area contributed by atoms with Gasteiger partial charge in [-0.25, -0.2) is 4.79 Å². The number of hydrogen-bond donors (Lipinski definition) is 3. The topological polar surface area (TPSA) is 72.8 Å². The van der Waals surface area contributed by atoms with E-state index in [0.29, 0.717) is 45.5 Å². The molecule has 47 heavy (non-hydrogen) atoms. The van der Waals surface area contributed by atoms with Crippen LogP contribution in [0.5, 0.6) is 0 Å². The number of benzene rings is 1. The first kappa shape index (κ1) is 34.9. The van der Waals surface area contributed by atoms with Crippen molar-refractivity contribution in [1.29, 1.82) is 0 Å². The van der Waals surface area contributed by atoms with Crippen molar-refractivity contribution in [3.63, 3.8) is 0 Å². The van der Waals surface area contributed by atoms with E-state index < -0.39 is 5.97 Å². The number of nitrogens with one attached hydrogen (secondary N) is 1. The highest BCUT2D eigenvalue weighted by molar-refractivity contribution is 5.88. The van der Waals surface area contributed by atoms with E-state index in [1.807, 2.05) is 12.1 Å². The average molecular weight is 645 g/mol. The number of carbonyl (C=O) groups is 1. The zero-order chi connectivity index (χ0) is 34.0. The summed E-state index contributed by atoms with van der Waals surface area (Å²) in [4.78, 5) is 13.8. The molecular weight excluding hydrogens is 580 g/mol. The Bertz CT molecular complexity index is 1380. The zero-order valence-electron chi connectivity index (χ0n) is 30.6. The molecule has 1 aromatic carbocycles. The van der Waals surface area contributed by atoms with Crippen LogP contribution in [0.2, 0.25) is 0 Å². The van der Waals surface area contributed by atoms with Crippen LogP contribution in [0, 0.1) is 56.7 Å². The summed E-state index contributed by atoms with van der Waals surface area (Å²) in [5.74, 6) is 2.56. The number of allylic oxidation sites excluding steroid dienone is 3. The van der Waals surface area contributed by atoms with Crippen molar-refractivity contribution < 1.29 is 15.0 Å². The summed E-state index contributed by atoms with van der Waals surface area (Å²) in [6.45, 7) is 24.0. The number of hydrogen-bond acceptors (Lipinski definition) is 4.